The molecule has 0 aliphatic carbocycles. The summed E-state index contributed by atoms with van der Waals surface area (Å²) in [5.74, 6) is -2.87. The summed E-state index contributed by atoms with van der Waals surface area (Å²) in [6.07, 6.45) is 0.830. The lowest BCUT2D eigenvalue weighted by Crippen LogP contribution is -2.43. The van der Waals surface area contributed by atoms with Gasteiger partial charge < -0.3 is 15.7 Å². The van der Waals surface area contributed by atoms with E-state index < -0.39 is 29.7 Å². The maximum absolute atomic E-state index is 13.3. The Balaban J connectivity index is 2.66. The fourth-order valence-electron chi connectivity index (χ4n) is 1.45. The Bertz CT molecular complexity index is 480. The van der Waals surface area contributed by atoms with Crippen LogP contribution in [0.3, 0.4) is 0 Å². The smallest absolute Gasteiger partial charge is 0.326 e. The van der Waals surface area contributed by atoms with Gasteiger partial charge in [0, 0.05) is 6.07 Å². The Labute approximate surface area is 108 Å². The van der Waals surface area contributed by atoms with Gasteiger partial charge in [-0.25, -0.2) is 18.4 Å². The Morgan fingerprint density at radius 1 is 1.37 bits per heavy atom. The number of hydrogen-bond acceptors (Lipinski definition) is 2. The molecule has 1 atom stereocenters. The minimum absolute atomic E-state index is 0.223. The van der Waals surface area contributed by atoms with Gasteiger partial charge in [-0.15, -0.1) is 0 Å². The molecule has 0 saturated heterocycles. The molecule has 3 N–H and O–H groups in total. The van der Waals surface area contributed by atoms with Crippen LogP contribution in [0.5, 0.6) is 0 Å². The molecule has 0 heterocycles. The molecule has 0 spiro atoms. The van der Waals surface area contributed by atoms with Gasteiger partial charge in [-0.3, -0.25) is 0 Å². The highest BCUT2D eigenvalue weighted by Gasteiger charge is 2.19. The number of carbonyl (C=O) groups excluding carboxylic acids is 1. The fraction of sp³-hybridized carbons (Fsp3) is 0.333. The first-order chi connectivity index (χ1) is 8.93. The van der Waals surface area contributed by atoms with Crippen LogP contribution < -0.4 is 10.6 Å². The Morgan fingerprint density at radius 3 is 2.58 bits per heavy atom. The van der Waals surface area contributed by atoms with Crippen molar-refractivity contribution in [1.29, 1.82) is 0 Å². The molecule has 0 radical (unpaired) electrons. The van der Waals surface area contributed by atoms with Crippen molar-refractivity contribution in [1.82, 2.24) is 5.32 Å². The largest absolute Gasteiger partial charge is 0.480 e. The van der Waals surface area contributed by atoms with Crippen LogP contribution in [-0.2, 0) is 4.79 Å². The van der Waals surface area contributed by atoms with E-state index in [0.29, 0.717) is 12.5 Å². The predicted octanol–water partition coefficient (Wildman–Crippen LogP) is 2.34. The SMILES string of the molecule is CCC[C@H](NC(=O)Nc1ccc(F)cc1F)C(=O)O. The second kappa shape index (κ2) is 6.67. The summed E-state index contributed by atoms with van der Waals surface area (Å²) in [4.78, 5) is 22.3. The molecule has 0 aromatic heterocycles. The molecule has 1 rings (SSSR count). The number of carboxylic acids is 1. The van der Waals surface area contributed by atoms with Crippen LogP contribution in [0.15, 0.2) is 18.2 Å². The first-order valence-corrected chi connectivity index (χ1v) is 5.69. The van der Waals surface area contributed by atoms with Crippen molar-refractivity contribution in [3.05, 3.63) is 29.8 Å². The van der Waals surface area contributed by atoms with E-state index >= 15 is 0 Å². The van der Waals surface area contributed by atoms with Crippen LogP contribution in [0.1, 0.15) is 19.8 Å². The molecule has 0 bridgehead atoms. The molecule has 7 heteroatoms. The molecule has 0 saturated carbocycles. The number of urea groups is 1. The third kappa shape index (κ3) is 4.53. The lowest BCUT2D eigenvalue weighted by molar-refractivity contribution is -0.139. The lowest BCUT2D eigenvalue weighted by atomic mass is 10.2. The van der Waals surface area contributed by atoms with Gasteiger partial charge in [-0.2, -0.15) is 0 Å². The first-order valence-electron chi connectivity index (χ1n) is 5.69. The average Bonchev–Trinajstić information content (AvgIpc) is 2.32. The van der Waals surface area contributed by atoms with E-state index in [-0.39, 0.29) is 12.1 Å². The van der Waals surface area contributed by atoms with Gasteiger partial charge in [0.25, 0.3) is 0 Å². The van der Waals surface area contributed by atoms with Gasteiger partial charge in [0.2, 0.25) is 0 Å². The van der Waals surface area contributed by atoms with E-state index in [0.717, 1.165) is 12.1 Å². The number of aliphatic carboxylic acids is 1. The maximum Gasteiger partial charge on any atom is 0.326 e. The standard InChI is InChI=1S/C12H14F2N2O3/c1-2-3-10(11(17)18)16-12(19)15-9-5-4-7(13)6-8(9)14/h4-6,10H,2-3H2,1H3,(H,17,18)(H2,15,16,19)/t10-/m0/s1. The predicted molar refractivity (Wildman–Crippen MR) is 64.8 cm³/mol. The van der Waals surface area contributed by atoms with E-state index in [1.165, 1.54) is 0 Å². The summed E-state index contributed by atoms with van der Waals surface area (Å²) < 4.78 is 25.9. The van der Waals surface area contributed by atoms with Crippen molar-refractivity contribution >= 4 is 17.7 Å². The van der Waals surface area contributed by atoms with Crippen LogP contribution in [0.2, 0.25) is 0 Å². The molecule has 104 valence electrons. The molecule has 1 aromatic rings. The number of halogens is 2. The van der Waals surface area contributed by atoms with Gasteiger partial charge in [0.1, 0.15) is 17.7 Å². The van der Waals surface area contributed by atoms with Gasteiger partial charge in [-0.1, -0.05) is 13.3 Å². The van der Waals surface area contributed by atoms with Crippen LogP contribution >= 0.6 is 0 Å². The van der Waals surface area contributed by atoms with E-state index in [1.54, 1.807) is 6.92 Å². The number of nitrogens with one attached hydrogen (secondary N) is 2. The average molecular weight is 272 g/mol. The first kappa shape index (κ1) is 14.9. The second-order valence-corrected chi connectivity index (χ2v) is 3.90. The van der Waals surface area contributed by atoms with Crippen LogP contribution in [0.25, 0.3) is 0 Å². The van der Waals surface area contributed by atoms with Crippen LogP contribution in [-0.4, -0.2) is 23.1 Å². The van der Waals surface area contributed by atoms with Gasteiger partial charge in [0.15, 0.2) is 0 Å². The number of hydrogen-bond donors (Lipinski definition) is 3. The van der Waals surface area contributed by atoms with Crippen LogP contribution in [0.4, 0.5) is 19.3 Å². The summed E-state index contributed by atoms with van der Waals surface area (Å²) in [6.45, 7) is 1.77. The summed E-state index contributed by atoms with van der Waals surface area (Å²) in [5.41, 5.74) is -0.223. The summed E-state index contributed by atoms with van der Waals surface area (Å²) >= 11 is 0. The van der Waals surface area contributed by atoms with Gasteiger partial charge in [-0.05, 0) is 18.6 Å². The quantitative estimate of drug-likeness (QED) is 0.769. The number of carboxylic acid groups (broad SMARTS) is 1. The fourth-order valence-corrected chi connectivity index (χ4v) is 1.45. The number of benzene rings is 1. The van der Waals surface area contributed by atoms with Crippen LogP contribution in [0, 0.1) is 11.6 Å². The zero-order valence-electron chi connectivity index (χ0n) is 10.2. The monoisotopic (exact) mass is 272 g/mol. The molecular weight excluding hydrogens is 258 g/mol. The molecule has 5 nitrogen and oxygen atoms in total. The van der Waals surface area contributed by atoms with Crippen molar-refractivity contribution in [3.63, 3.8) is 0 Å². The van der Waals surface area contributed by atoms with E-state index in [4.69, 9.17) is 5.11 Å². The maximum atomic E-state index is 13.3. The molecule has 2 amide bonds. The zero-order chi connectivity index (χ0) is 14.4. The molecule has 0 aliphatic rings. The molecular formula is C12H14F2N2O3. The number of anilines is 1. The van der Waals surface area contributed by atoms with Crippen molar-refractivity contribution < 1.29 is 23.5 Å². The molecule has 0 aliphatic heterocycles. The third-order valence-corrected chi connectivity index (χ3v) is 2.36. The summed E-state index contributed by atoms with van der Waals surface area (Å²) in [7, 11) is 0. The Hall–Kier alpha value is -2.18. The number of carbonyl (C=O) groups is 2. The minimum atomic E-state index is -1.17. The highest BCUT2D eigenvalue weighted by molar-refractivity contribution is 5.92. The summed E-state index contributed by atoms with van der Waals surface area (Å²) in [5, 5.41) is 13.2. The number of rotatable bonds is 5. The van der Waals surface area contributed by atoms with Crippen molar-refractivity contribution in [3.8, 4) is 0 Å². The van der Waals surface area contributed by atoms with E-state index in [9.17, 15) is 18.4 Å². The van der Waals surface area contributed by atoms with E-state index in [2.05, 4.69) is 10.6 Å². The van der Waals surface area contributed by atoms with Gasteiger partial charge >= 0.3 is 12.0 Å². The zero-order valence-corrected chi connectivity index (χ0v) is 10.2. The van der Waals surface area contributed by atoms with Crippen molar-refractivity contribution in [2.75, 3.05) is 5.32 Å². The number of amides is 2. The second-order valence-electron chi connectivity index (χ2n) is 3.90. The normalized spacial score (nSPS) is 11.7. The topological polar surface area (TPSA) is 78.4 Å². The molecule has 19 heavy (non-hydrogen) atoms. The van der Waals surface area contributed by atoms with Crippen molar-refractivity contribution in [2.45, 2.75) is 25.8 Å². The summed E-state index contributed by atoms with van der Waals surface area (Å²) in [6, 6.07) is 0.759. The Kier molecular flexibility index (Phi) is 5.23. The lowest BCUT2D eigenvalue weighted by Gasteiger charge is -2.14. The molecule has 0 unspecified atom stereocenters. The molecule has 0 fully saturated rings. The molecule has 1 aromatic carbocycles. The van der Waals surface area contributed by atoms with E-state index in [1.807, 2.05) is 0 Å². The van der Waals surface area contributed by atoms with Crippen molar-refractivity contribution in [2.24, 2.45) is 0 Å². The Morgan fingerprint density at radius 2 is 2.05 bits per heavy atom. The highest BCUT2D eigenvalue weighted by atomic mass is 19.1. The van der Waals surface area contributed by atoms with Gasteiger partial charge in [0.05, 0.1) is 5.69 Å². The third-order valence-electron chi connectivity index (χ3n) is 2.36. The highest BCUT2D eigenvalue weighted by Crippen LogP contribution is 2.14. The minimum Gasteiger partial charge on any atom is -0.480 e.